The molecule has 0 spiro atoms. The van der Waals surface area contributed by atoms with Gasteiger partial charge in [0.1, 0.15) is 11.5 Å². The Hall–Kier alpha value is -3.64. The second-order valence-electron chi connectivity index (χ2n) is 5.83. The Kier molecular flexibility index (Phi) is 5.31. The van der Waals surface area contributed by atoms with Gasteiger partial charge in [-0.2, -0.15) is 10.1 Å². The van der Waals surface area contributed by atoms with Crippen LogP contribution in [-0.4, -0.2) is 15.2 Å². The van der Waals surface area contributed by atoms with Crippen molar-refractivity contribution in [1.29, 1.82) is 0 Å². The van der Waals surface area contributed by atoms with Gasteiger partial charge in [-0.3, -0.25) is 0 Å². The second-order valence-corrected chi connectivity index (χ2v) is 6.24. The Bertz CT molecular complexity index is 1060. The van der Waals surface area contributed by atoms with Crippen molar-refractivity contribution in [3.05, 3.63) is 90.1 Å². The van der Waals surface area contributed by atoms with Crippen molar-refractivity contribution in [3.63, 3.8) is 0 Å². The first-order valence-corrected chi connectivity index (χ1v) is 8.95. The lowest BCUT2D eigenvalue weighted by atomic mass is 10.3. The van der Waals surface area contributed by atoms with E-state index in [2.05, 4.69) is 25.8 Å². The van der Waals surface area contributed by atoms with E-state index in [4.69, 9.17) is 16.3 Å². The summed E-state index contributed by atoms with van der Waals surface area (Å²) in [6.07, 6.45) is 1.53. The van der Waals surface area contributed by atoms with E-state index in [1.165, 1.54) is 6.20 Å². The topological polar surface area (TPSA) is 72.0 Å². The minimum atomic E-state index is 0.369. The number of ether oxygens (including phenoxy) is 1. The maximum absolute atomic E-state index is 6.16. The van der Waals surface area contributed by atoms with Gasteiger partial charge in [-0.05, 0) is 48.5 Å². The summed E-state index contributed by atoms with van der Waals surface area (Å²) < 4.78 is 5.79. The smallest absolute Gasteiger partial charge is 0.249 e. The van der Waals surface area contributed by atoms with Crippen molar-refractivity contribution >= 4 is 34.7 Å². The number of halogens is 1. The van der Waals surface area contributed by atoms with E-state index in [0.717, 1.165) is 22.9 Å². The largest absolute Gasteiger partial charge is 0.457 e. The van der Waals surface area contributed by atoms with Crippen molar-refractivity contribution < 1.29 is 4.74 Å². The van der Waals surface area contributed by atoms with Gasteiger partial charge in [-0.15, -0.1) is 5.10 Å². The lowest BCUT2D eigenvalue weighted by Gasteiger charge is -2.09. The fraction of sp³-hybridized carbons (Fsp3) is 0. The maximum atomic E-state index is 6.16. The van der Waals surface area contributed by atoms with E-state index >= 15 is 0 Å². The summed E-state index contributed by atoms with van der Waals surface area (Å²) in [5.74, 6) is 2.43. The summed E-state index contributed by atoms with van der Waals surface area (Å²) in [5, 5.41) is 14.8. The van der Waals surface area contributed by atoms with Gasteiger partial charge in [0, 0.05) is 5.69 Å². The predicted molar refractivity (Wildman–Crippen MR) is 111 cm³/mol. The van der Waals surface area contributed by atoms with Crippen LogP contribution in [0.15, 0.2) is 85.1 Å². The molecule has 1 heterocycles. The highest BCUT2D eigenvalue weighted by molar-refractivity contribution is 6.33. The number of benzene rings is 3. The predicted octanol–water partition coefficient (Wildman–Crippen LogP) is 5.80. The van der Waals surface area contributed by atoms with Gasteiger partial charge < -0.3 is 15.4 Å². The van der Waals surface area contributed by atoms with E-state index < -0.39 is 0 Å². The number of nitrogens with one attached hydrogen (secondary N) is 2. The average Bonchev–Trinajstić information content (AvgIpc) is 2.72. The third-order valence-corrected chi connectivity index (χ3v) is 4.11. The van der Waals surface area contributed by atoms with Crippen molar-refractivity contribution in [2.24, 2.45) is 0 Å². The van der Waals surface area contributed by atoms with Crippen LogP contribution in [0.1, 0.15) is 0 Å². The molecule has 138 valence electrons. The summed E-state index contributed by atoms with van der Waals surface area (Å²) >= 11 is 6.16. The number of nitrogens with zero attached hydrogens (tertiary/aromatic N) is 3. The first-order valence-electron chi connectivity index (χ1n) is 8.57. The number of anilines is 4. The van der Waals surface area contributed by atoms with Crippen molar-refractivity contribution in [2.75, 3.05) is 10.6 Å². The molecule has 0 radical (unpaired) electrons. The molecule has 0 amide bonds. The number of rotatable bonds is 6. The highest BCUT2D eigenvalue weighted by Crippen LogP contribution is 2.25. The van der Waals surface area contributed by atoms with Crippen LogP contribution in [0.4, 0.5) is 23.1 Å². The van der Waals surface area contributed by atoms with Crippen molar-refractivity contribution in [3.8, 4) is 11.5 Å². The highest BCUT2D eigenvalue weighted by Gasteiger charge is 2.05. The van der Waals surface area contributed by atoms with Gasteiger partial charge in [0.2, 0.25) is 5.95 Å². The standard InChI is InChI=1S/C21H16ClN5O/c22-18-8-4-5-9-19(18)25-20-14-23-27-21(26-20)24-15-10-12-17(13-11-15)28-16-6-2-1-3-7-16/h1-14H,(H2,24,25,26,27). The summed E-state index contributed by atoms with van der Waals surface area (Å²) in [6, 6.07) is 24.5. The number of hydrogen-bond donors (Lipinski definition) is 2. The van der Waals surface area contributed by atoms with Crippen LogP contribution in [0.3, 0.4) is 0 Å². The molecule has 6 nitrogen and oxygen atoms in total. The molecule has 0 aliphatic rings. The number of para-hydroxylation sites is 2. The Morgan fingerprint density at radius 2 is 1.46 bits per heavy atom. The van der Waals surface area contributed by atoms with Gasteiger partial charge in [0.15, 0.2) is 5.82 Å². The quantitative estimate of drug-likeness (QED) is 0.434. The van der Waals surface area contributed by atoms with E-state index in [1.54, 1.807) is 6.07 Å². The Morgan fingerprint density at radius 1 is 0.750 bits per heavy atom. The molecule has 28 heavy (non-hydrogen) atoms. The molecule has 4 aromatic rings. The monoisotopic (exact) mass is 389 g/mol. The molecule has 0 atom stereocenters. The Labute approximate surface area is 167 Å². The van der Waals surface area contributed by atoms with Crippen LogP contribution in [0.5, 0.6) is 11.5 Å². The zero-order chi connectivity index (χ0) is 19.2. The molecule has 0 saturated carbocycles. The molecule has 7 heteroatoms. The fourth-order valence-electron chi connectivity index (χ4n) is 2.48. The molecule has 0 bridgehead atoms. The molecular weight excluding hydrogens is 374 g/mol. The van der Waals surface area contributed by atoms with Gasteiger partial charge in [-0.1, -0.05) is 41.9 Å². The Balaban J connectivity index is 1.43. The van der Waals surface area contributed by atoms with Crippen molar-refractivity contribution in [2.45, 2.75) is 0 Å². The molecule has 0 saturated heterocycles. The highest BCUT2D eigenvalue weighted by atomic mass is 35.5. The van der Waals surface area contributed by atoms with Crippen LogP contribution in [0.25, 0.3) is 0 Å². The van der Waals surface area contributed by atoms with Crippen molar-refractivity contribution in [1.82, 2.24) is 15.2 Å². The molecule has 4 rings (SSSR count). The summed E-state index contributed by atoms with van der Waals surface area (Å²) in [7, 11) is 0. The normalized spacial score (nSPS) is 10.3. The third kappa shape index (κ3) is 4.55. The average molecular weight is 390 g/mol. The minimum Gasteiger partial charge on any atom is -0.457 e. The molecule has 0 unspecified atom stereocenters. The van der Waals surface area contributed by atoms with Gasteiger partial charge in [0.05, 0.1) is 16.9 Å². The van der Waals surface area contributed by atoms with Crippen LogP contribution < -0.4 is 15.4 Å². The molecule has 0 fully saturated rings. The van der Waals surface area contributed by atoms with Gasteiger partial charge in [-0.25, -0.2) is 0 Å². The molecular formula is C21H16ClN5O. The molecule has 0 aliphatic carbocycles. The molecule has 0 aliphatic heterocycles. The maximum Gasteiger partial charge on any atom is 0.249 e. The van der Waals surface area contributed by atoms with Crippen LogP contribution in [-0.2, 0) is 0 Å². The first-order chi connectivity index (χ1) is 13.8. The summed E-state index contributed by atoms with van der Waals surface area (Å²) in [5.41, 5.74) is 1.56. The number of hydrogen-bond acceptors (Lipinski definition) is 6. The van der Waals surface area contributed by atoms with E-state index in [1.807, 2.05) is 72.8 Å². The van der Waals surface area contributed by atoms with Crippen LogP contribution in [0.2, 0.25) is 5.02 Å². The van der Waals surface area contributed by atoms with Gasteiger partial charge >= 0.3 is 0 Å². The molecule has 2 N–H and O–H groups in total. The summed E-state index contributed by atoms with van der Waals surface area (Å²) in [6.45, 7) is 0. The minimum absolute atomic E-state index is 0.369. The lowest BCUT2D eigenvalue weighted by molar-refractivity contribution is 0.483. The Morgan fingerprint density at radius 3 is 2.25 bits per heavy atom. The zero-order valence-corrected chi connectivity index (χ0v) is 15.5. The lowest BCUT2D eigenvalue weighted by Crippen LogP contribution is -2.02. The van der Waals surface area contributed by atoms with Gasteiger partial charge in [0.25, 0.3) is 0 Å². The first kappa shape index (κ1) is 17.8. The van der Waals surface area contributed by atoms with Crippen LogP contribution >= 0.6 is 11.6 Å². The molecule has 3 aromatic carbocycles. The van der Waals surface area contributed by atoms with E-state index in [9.17, 15) is 0 Å². The van der Waals surface area contributed by atoms with Crippen LogP contribution in [0, 0.1) is 0 Å². The fourth-order valence-corrected chi connectivity index (χ4v) is 2.66. The zero-order valence-electron chi connectivity index (χ0n) is 14.7. The third-order valence-electron chi connectivity index (χ3n) is 3.78. The number of aromatic nitrogens is 3. The SMILES string of the molecule is Clc1ccccc1Nc1cnnc(Nc2ccc(Oc3ccccc3)cc2)n1. The van der Waals surface area contributed by atoms with E-state index in [0.29, 0.717) is 16.8 Å². The second kappa shape index (κ2) is 8.37. The summed E-state index contributed by atoms with van der Waals surface area (Å²) in [4.78, 5) is 4.41. The molecule has 1 aromatic heterocycles. The van der Waals surface area contributed by atoms with E-state index in [-0.39, 0.29) is 0 Å².